The van der Waals surface area contributed by atoms with Crippen LogP contribution in [0, 0.1) is 0 Å². The second kappa shape index (κ2) is 8.22. The van der Waals surface area contributed by atoms with Gasteiger partial charge in [0.05, 0.1) is 5.57 Å². The number of thioether (sulfide) groups is 1. The second-order valence-corrected chi connectivity index (χ2v) is 9.41. The monoisotopic (exact) mass is 452 g/mol. The quantitative estimate of drug-likeness (QED) is 0.318. The first-order valence-electron chi connectivity index (χ1n) is 9.42. The van der Waals surface area contributed by atoms with Crippen molar-refractivity contribution in [2.75, 3.05) is 5.73 Å². The van der Waals surface area contributed by atoms with E-state index in [0.29, 0.717) is 0 Å². The maximum atomic E-state index is 12.9. The number of anilines is 1. The van der Waals surface area contributed by atoms with E-state index in [1.165, 1.54) is 22.9 Å². The number of carboxylic acid groups (broad SMARTS) is 1. The highest BCUT2D eigenvalue weighted by Gasteiger charge is 2.52. The third-order valence-corrected chi connectivity index (χ3v) is 7.12. The van der Waals surface area contributed by atoms with Crippen molar-refractivity contribution in [3.8, 4) is 0 Å². The molecule has 0 spiro atoms. The zero-order valence-corrected chi connectivity index (χ0v) is 17.6. The lowest BCUT2D eigenvalue weighted by Gasteiger charge is -2.48. The lowest BCUT2D eigenvalue weighted by atomic mass is 10.1. The third kappa shape index (κ3) is 3.86. The number of carbonyl (C=O) groups is 3. The molecule has 0 aromatic carbocycles. The van der Waals surface area contributed by atoms with Crippen molar-refractivity contribution in [2.24, 2.45) is 5.16 Å². The summed E-state index contributed by atoms with van der Waals surface area (Å²) in [5.74, 6) is -2.08. The van der Waals surface area contributed by atoms with Gasteiger partial charge in [0.1, 0.15) is 17.5 Å². The first-order chi connectivity index (χ1) is 14.3. The first kappa shape index (κ1) is 20.6. The van der Waals surface area contributed by atoms with Gasteiger partial charge in [-0.1, -0.05) is 5.16 Å². The molecule has 4 rings (SSSR count). The molecule has 13 heteroatoms. The summed E-state index contributed by atoms with van der Waals surface area (Å²) in [6, 6.07) is -0.816. The molecule has 1 saturated carbocycles. The largest absolute Gasteiger partial charge is 0.478 e. The Kier molecular flexibility index (Phi) is 5.64. The number of aliphatic carboxylic acids is 1. The highest BCUT2D eigenvalue weighted by Crippen LogP contribution is 2.40. The van der Waals surface area contributed by atoms with E-state index in [9.17, 15) is 19.5 Å². The van der Waals surface area contributed by atoms with Gasteiger partial charge in [-0.3, -0.25) is 9.59 Å². The van der Waals surface area contributed by atoms with Crippen molar-refractivity contribution in [1.82, 2.24) is 19.6 Å². The Labute approximate surface area is 179 Å². The van der Waals surface area contributed by atoms with Crippen LogP contribution in [0.5, 0.6) is 0 Å². The average molecular weight is 453 g/mol. The summed E-state index contributed by atoms with van der Waals surface area (Å²) in [4.78, 5) is 47.5. The molecule has 0 radical (unpaired) electrons. The minimum atomic E-state index is -1.07. The number of nitrogen functional groups attached to an aromatic ring is 1. The first-order valence-corrected chi connectivity index (χ1v) is 11.1. The summed E-state index contributed by atoms with van der Waals surface area (Å²) in [7, 11) is 0. The van der Waals surface area contributed by atoms with Gasteiger partial charge >= 0.3 is 5.97 Å². The summed E-state index contributed by atoms with van der Waals surface area (Å²) in [6.45, 7) is 1.74. The van der Waals surface area contributed by atoms with E-state index in [-0.39, 0.29) is 33.6 Å². The van der Waals surface area contributed by atoms with Gasteiger partial charge in [-0.15, -0.1) is 11.8 Å². The number of nitrogens with one attached hydrogen (secondary N) is 1. The van der Waals surface area contributed by atoms with Crippen molar-refractivity contribution >= 4 is 51.9 Å². The molecule has 2 amide bonds. The molecule has 30 heavy (non-hydrogen) atoms. The van der Waals surface area contributed by atoms with Crippen LogP contribution in [0.4, 0.5) is 5.13 Å². The molecule has 3 heterocycles. The van der Waals surface area contributed by atoms with Gasteiger partial charge in [-0.2, -0.15) is 9.36 Å². The van der Waals surface area contributed by atoms with E-state index >= 15 is 0 Å². The molecule has 1 aliphatic carbocycles. The van der Waals surface area contributed by atoms with Gasteiger partial charge in [-0.05, 0) is 32.6 Å². The number of nitrogens with two attached hydrogens (primary N) is 1. The normalized spacial score (nSPS) is 26.6. The van der Waals surface area contributed by atoms with Crippen LogP contribution in [-0.4, -0.2) is 65.6 Å². The Morgan fingerprint density at radius 2 is 2.13 bits per heavy atom. The van der Waals surface area contributed by atoms with Crippen LogP contribution in [-0.2, 0) is 19.2 Å². The van der Waals surface area contributed by atoms with Gasteiger partial charge < -0.3 is 25.9 Å². The number of carbonyl (C=O) groups excluding carboxylic acids is 2. The Morgan fingerprint density at radius 1 is 1.40 bits per heavy atom. The summed E-state index contributed by atoms with van der Waals surface area (Å²) >= 11 is 2.22. The maximum Gasteiger partial charge on any atom is 0.334 e. The van der Waals surface area contributed by atoms with Gasteiger partial charge in [0.15, 0.2) is 5.13 Å². The number of rotatable bonds is 6. The Morgan fingerprint density at radius 3 is 2.77 bits per heavy atom. The Bertz CT molecular complexity index is 941. The number of hydrogen-bond acceptors (Lipinski definition) is 10. The summed E-state index contributed by atoms with van der Waals surface area (Å²) in [5.41, 5.74) is 5.63. The van der Waals surface area contributed by atoms with Gasteiger partial charge in [0.2, 0.25) is 11.5 Å². The summed E-state index contributed by atoms with van der Waals surface area (Å²) < 4.78 is 4.03. The standard InChI is InChI=1S/C17H20N6O5S2/c1-7-9(16(26)27)6-23-14(25)11(15(23)29-7)19-13(24)10(12-20-17(18)30-22-12)21-28-8-4-2-3-5-8/h6-8,11,15H,2-5H2,1H3,(H,19,24)(H,26,27)(H2,18,20,22)/t7?,11?,15-/m1/s1. The number of carboxylic acids is 1. The van der Waals surface area contributed by atoms with Crippen LogP contribution in [0.15, 0.2) is 16.9 Å². The second-order valence-electron chi connectivity index (χ2n) is 7.16. The zero-order chi connectivity index (χ0) is 21.4. The van der Waals surface area contributed by atoms with Crippen LogP contribution in [0.3, 0.4) is 0 Å². The predicted octanol–water partition coefficient (Wildman–Crippen LogP) is 0.541. The minimum absolute atomic E-state index is 0.0364. The topological polar surface area (TPSA) is 160 Å². The fourth-order valence-electron chi connectivity index (χ4n) is 3.51. The number of amides is 2. The molecule has 2 fully saturated rings. The van der Waals surface area contributed by atoms with Crippen molar-refractivity contribution in [3.05, 3.63) is 17.6 Å². The Balaban J connectivity index is 1.50. The molecule has 2 unspecified atom stereocenters. The van der Waals surface area contributed by atoms with Gasteiger partial charge in [0, 0.05) is 23.0 Å². The number of fused-ring (bicyclic) bond motifs is 1. The average Bonchev–Trinajstić information content (AvgIpc) is 3.37. The van der Waals surface area contributed by atoms with Crippen molar-refractivity contribution < 1.29 is 24.3 Å². The third-order valence-electron chi connectivity index (χ3n) is 5.14. The molecule has 0 bridgehead atoms. The molecule has 160 valence electrons. The predicted molar refractivity (Wildman–Crippen MR) is 110 cm³/mol. The Hall–Kier alpha value is -2.67. The number of β-lactam (4-membered cyclic amide) rings is 1. The highest BCUT2D eigenvalue weighted by atomic mass is 32.2. The lowest BCUT2D eigenvalue weighted by molar-refractivity contribution is -0.144. The molecule has 1 aromatic heterocycles. The SMILES string of the molecule is CC1S[C@@H]2C(NC(=O)C(=NOC3CCCC3)c3nsc(N)n3)C(=O)N2C=C1C(=O)O. The van der Waals surface area contributed by atoms with E-state index in [1.54, 1.807) is 6.92 Å². The van der Waals surface area contributed by atoms with Crippen LogP contribution in [0.1, 0.15) is 38.4 Å². The van der Waals surface area contributed by atoms with E-state index in [4.69, 9.17) is 10.6 Å². The van der Waals surface area contributed by atoms with E-state index in [0.717, 1.165) is 37.2 Å². The zero-order valence-electron chi connectivity index (χ0n) is 16.0. The fourth-order valence-corrected chi connectivity index (χ4v) is 5.31. The van der Waals surface area contributed by atoms with E-state index in [2.05, 4.69) is 19.8 Å². The van der Waals surface area contributed by atoms with Crippen LogP contribution in [0.25, 0.3) is 0 Å². The molecule has 4 N–H and O–H groups in total. The molecule has 3 atom stereocenters. The van der Waals surface area contributed by atoms with Crippen molar-refractivity contribution in [1.29, 1.82) is 0 Å². The van der Waals surface area contributed by atoms with Crippen LogP contribution in [0.2, 0.25) is 0 Å². The molecular weight excluding hydrogens is 432 g/mol. The smallest absolute Gasteiger partial charge is 0.334 e. The van der Waals surface area contributed by atoms with Crippen molar-refractivity contribution in [2.45, 2.75) is 55.4 Å². The molecule has 11 nitrogen and oxygen atoms in total. The number of hydrogen-bond donors (Lipinski definition) is 3. The summed E-state index contributed by atoms with van der Waals surface area (Å²) in [5, 5.41) is 15.3. The van der Waals surface area contributed by atoms with Gasteiger partial charge in [0.25, 0.3) is 11.8 Å². The van der Waals surface area contributed by atoms with Crippen LogP contribution >= 0.6 is 23.3 Å². The molecule has 3 aliphatic rings. The fraction of sp³-hybridized carbons (Fsp3) is 0.529. The molecular formula is C17H20N6O5S2. The van der Waals surface area contributed by atoms with E-state index < -0.39 is 29.2 Å². The summed E-state index contributed by atoms with van der Waals surface area (Å²) in [6.07, 6.45) is 5.06. The highest BCUT2D eigenvalue weighted by molar-refractivity contribution is 8.00. The van der Waals surface area contributed by atoms with Crippen LogP contribution < -0.4 is 11.1 Å². The number of nitrogens with zero attached hydrogens (tertiary/aromatic N) is 4. The maximum absolute atomic E-state index is 12.9. The number of aromatic nitrogens is 2. The minimum Gasteiger partial charge on any atom is -0.478 e. The van der Waals surface area contributed by atoms with Gasteiger partial charge in [-0.25, -0.2) is 4.79 Å². The molecule has 2 aliphatic heterocycles. The van der Waals surface area contributed by atoms with E-state index in [1.807, 2.05) is 0 Å². The lowest BCUT2D eigenvalue weighted by Crippen LogP contribution is -2.69. The molecule has 1 saturated heterocycles. The molecule has 1 aromatic rings. The van der Waals surface area contributed by atoms with Crippen molar-refractivity contribution in [3.63, 3.8) is 0 Å². The number of oxime groups is 1.